The molecule has 0 radical (unpaired) electrons. The van der Waals surface area contributed by atoms with E-state index < -0.39 is 11.4 Å². The van der Waals surface area contributed by atoms with Gasteiger partial charge < -0.3 is 10.2 Å². The number of hydrogen-bond donors (Lipinski definition) is 1. The Morgan fingerprint density at radius 2 is 2.39 bits per heavy atom. The lowest BCUT2D eigenvalue weighted by atomic mass is 10.0. The molecule has 4 nitrogen and oxygen atoms in total. The standard InChI is InChI=1S/C13H15FN2O2/c1-9-7-13(2,18-16-9)8-15-12(17)10-4-3-5-11(14)6-10/h3-6H,7-8H2,1-2H3,(H,15,17)/t13-/m0/s1. The summed E-state index contributed by atoms with van der Waals surface area (Å²) in [6, 6.07) is 5.58. The highest BCUT2D eigenvalue weighted by Gasteiger charge is 2.32. The van der Waals surface area contributed by atoms with Crippen molar-refractivity contribution in [3.05, 3.63) is 35.6 Å². The van der Waals surface area contributed by atoms with E-state index in [-0.39, 0.29) is 5.91 Å². The van der Waals surface area contributed by atoms with Gasteiger partial charge in [0.05, 0.1) is 12.3 Å². The maximum atomic E-state index is 13.0. The second kappa shape index (κ2) is 4.76. The first-order chi connectivity index (χ1) is 8.48. The Morgan fingerprint density at radius 3 is 3.00 bits per heavy atom. The van der Waals surface area contributed by atoms with Gasteiger partial charge in [0.1, 0.15) is 5.82 Å². The first kappa shape index (κ1) is 12.5. The SMILES string of the molecule is CC1=NO[C@](C)(CNC(=O)c2cccc(F)c2)C1. The predicted octanol–water partition coefficient (Wildman–Crippen LogP) is 2.11. The summed E-state index contributed by atoms with van der Waals surface area (Å²) in [5.41, 5.74) is 0.694. The lowest BCUT2D eigenvalue weighted by molar-refractivity contribution is -0.00181. The van der Waals surface area contributed by atoms with Crippen molar-refractivity contribution >= 4 is 11.6 Å². The van der Waals surface area contributed by atoms with Crippen LogP contribution in [0.4, 0.5) is 4.39 Å². The van der Waals surface area contributed by atoms with Crippen LogP contribution in [0.25, 0.3) is 0 Å². The number of halogens is 1. The molecule has 2 rings (SSSR count). The second-order valence-electron chi connectivity index (χ2n) is 4.74. The number of rotatable bonds is 3. The third kappa shape index (κ3) is 2.85. The largest absolute Gasteiger partial charge is 0.387 e. The first-order valence-electron chi connectivity index (χ1n) is 5.74. The average molecular weight is 250 g/mol. The summed E-state index contributed by atoms with van der Waals surface area (Å²) < 4.78 is 13.0. The van der Waals surface area contributed by atoms with Crippen molar-refractivity contribution in [1.82, 2.24) is 5.32 Å². The molecule has 0 bridgehead atoms. The van der Waals surface area contributed by atoms with E-state index in [1.54, 1.807) is 6.07 Å². The number of carbonyl (C=O) groups is 1. The van der Waals surface area contributed by atoms with Crippen molar-refractivity contribution in [1.29, 1.82) is 0 Å². The Balaban J connectivity index is 1.93. The fraction of sp³-hybridized carbons (Fsp3) is 0.385. The van der Waals surface area contributed by atoms with E-state index in [9.17, 15) is 9.18 Å². The molecule has 1 aromatic carbocycles. The second-order valence-corrected chi connectivity index (χ2v) is 4.74. The highest BCUT2D eigenvalue weighted by Crippen LogP contribution is 2.22. The molecule has 0 unspecified atom stereocenters. The van der Waals surface area contributed by atoms with Crippen LogP contribution in [0.1, 0.15) is 30.6 Å². The number of carbonyl (C=O) groups excluding carboxylic acids is 1. The van der Waals surface area contributed by atoms with Crippen LogP contribution in [0.3, 0.4) is 0 Å². The third-order valence-electron chi connectivity index (χ3n) is 2.76. The van der Waals surface area contributed by atoms with Crippen molar-refractivity contribution in [3.8, 4) is 0 Å². The normalized spacial score (nSPS) is 22.3. The predicted molar refractivity (Wildman–Crippen MR) is 65.9 cm³/mol. The maximum Gasteiger partial charge on any atom is 0.251 e. The molecule has 0 aromatic heterocycles. The molecular formula is C13H15FN2O2. The molecule has 1 atom stereocenters. The molecule has 0 aliphatic carbocycles. The van der Waals surface area contributed by atoms with Crippen molar-refractivity contribution in [2.75, 3.05) is 6.54 Å². The van der Waals surface area contributed by atoms with E-state index in [0.29, 0.717) is 18.5 Å². The molecule has 1 aliphatic rings. The van der Waals surface area contributed by atoms with Gasteiger partial charge in [-0.2, -0.15) is 0 Å². The average Bonchev–Trinajstić information content (AvgIpc) is 2.67. The first-order valence-corrected chi connectivity index (χ1v) is 5.74. The molecule has 0 spiro atoms. The Morgan fingerprint density at radius 1 is 1.61 bits per heavy atom. The minimum absolute atomic E-state index is 0.300. The van der Waals surface area contributed by atoms with Gasteiger partial charge >= 0.3 is 0 Å². The smallest absolute Gasteiger partial charge is 0.251 e. The van der Waals surface area contributed by atoms with Gasteiger partial charge in [0, 0.05) is 12.0 Å². The van der Waals surface area contributed by atoms with Gasteiger partial charge in [-0.3, -0.25) is 4.79 Å². The lowest BCUT2D eigenvalue weighted by Gasteiger charge is -2.21. The summed E-state index contributed by atoms with van der Waals surface area (Å²) in [5.74, 6) is -0.742. The van der Waals surface area contributed by atoms with Gasteiger partial charge in [-0.1, -0.05) is 11.2 Å². The number of amides is 1. The zero-order valence-corrected chi connectivity index (χ0v) is 10.4. The quantitative estimate of drug-likeness (QED) is 0.893. The Labute approximate surface area is 105 Å². The molecular weight excluding hydrogens is 235 g/mol. The molecule has 1 aliphatic heterocycles. The van der Waals surface area contributed by atoms with Gasteiger partial charge in [0.2, 0.25) is 0 Å². The topological polar surface area (TPSA) is 50.7 Å². The summed E-state index contributed by atoms with van der Waals surface area (Å²) in [5, 5.41) is 6.58. The van der Waals surface area contributed by atoms with Crippen LogP contribution in [0.5, 0.6) is 0 Å². The van der Waals surface area contributed by atoms with E-state index in [1.807, 2.05) is 13.8 Å². The number of nitrogens with zero attached hydrogens (tertiary/aromatic N) is 1. The molecule has 1 heterocycles. The summed E-state index contributed by atoms with van der Waals surface area (Å²) in [6.07, 6.45) is 0.677. The fourth-order valence-electron chi connectivity index (χ4n) is 1.89. The van der Waals surface area contributed by atoms with Crippen LogP contribution >= 0.6 is 0 Å². The lowest BCUT2D eigenvalue weighted by Crippen LogP contribution is -2.40. The molecule has 5 heteroatoms. The minimum Gasteiger partial charge on any atom is -0.387 e. The van der Waals surface area contributed by atoms with Crippen molar-refractivity contribution in [2.45, 2.75) is 25.9 Å². The Kier molecular flexibility index (Phi) is 3.32. The Bertz CT molecular complexity index is 502. The molecule has 1 aromatic rings. The van der Waals surface area contributed by atoms with E-state index in [1.165, 1.54) is 18.2 Å². The van der Waals surface area contributed by atoms with Crippen LogP contribution < -0.4 is 5.32 Å². The molecule has 0 saturated carbocycles. The van der Waals surface area contributed by atoms with Gasteiger partial charge in [-0.25, -0.2) is 4.39 Å². The van der Waals surface area contributed by atoms with Gasteiger partial charge in [0.15, 0.2) is 5.60 Å². The zero-order chi connectivity index (χ0) is 13.2. The van der Waals surface area contributed by atoms with Crippen LogP contribution in [-0.4, -0.2) is 23.8 Å². The maximum absolute atomic E-state index is 13.0. The minimum atomic E-state index is -0.507. The summed E-state index contributed by atoms with van der Waals surface area (Å²) >= 11 is 0. The van der Waals surface area contributed by atoms with Crippen molar-refractivity contribution in [2.24, 2.45) is 5.16 Å². The van der Waals surface area contributed by atoms with Crippen LogP contribution in [0.15, 0.2) is 29.4 Å². The monoisotopic (exact) mass is 250 g/mol. The zero-order valence-electron chi connectivity index (χ0n) is 10.4. The van der Waals surface area contributed by atoms with Crippen molar-refractivity contribution in [3.63, 3.8) is 0 Å². The fourth-order valence-corrected chi connectivity index (χ4v) is 1.89. The van der Waals surface area contributed by atoms with Gasteiger partial charge in [-0.15, -0.1) is 0 Å². The molecule has 96 valence electrons. The number of benzene rings is 1. The molecule has 0 saturated heterocycles. The van der Waals surface area contributed by atoms with Crippen LogP contribution in [0.2, 0.25) is 0 Å². The third-order valence-corrected chi connectivity index (χ3v) is 2.76. The van der Waals surface area contributed by atoms with Crippen molar-refractivity contribution < 1.29 is 14.0 Å². The van der Waals surface area contributed by atoms with E-state index in [0.717, 1.165) is 5.71 Å². The van der Waals surface area contributed by atoms with Gasteiger partial charge in [-0.05, 0) is 32.0 Å². The molecule has 1 N–H and O–H groups in total. The van der Waals surface area contributed by atoms with Gasteiger partial charge in [0.25, 0.3) is 5.91 Å². The van der Waals surface area contributed by atoms with Crippen LogP contribution in [0, 0.1) is 5.82 Å². The van der Waals surface area contributed by atoms with E-state index >= 15 is 0 Å². The summed E-state index contributed by atoms with van der Waals surface area (Å²) in [6.45, 7) is 4.09. The molecule has 18 heavy (non-hydrogen) atoms. The number of nitrogens with one attached hydrogen (secondary N) is 1. The van der Waals surface area contributed by atoms with E-state index in [4.69, 9.17) is 4.84 Å². The number of oxime groups is 1. The van der Waals surface area contributed by atoms with Crippen LogP contribution in [-0.2, 0) is 4.84 Å². The van der Waals surface area contributed by atoms with E-state index in [2.05, 4.69) is 10.5 Å². The summed E-state index contributed by atoms with van der Waals surface area (Å²) in [4.78, 5) is 17.1. The highest BCUT2D eigenvalue weighted by atomic mass is 19.1. The molecule has 0 fully saturated rings. The highest BCUT2D eigenvalue weighted by molar-refractivity contribution is 5.94. The molecule has 1 amide bonds. The Hall–Kier alpha value is -1.91. The number of hydrogen-bond acceptors (Lipinski definition) is 3. The summed E-state index contributed by atoms with van der Waals surface area (Å²) in [7, 11) is 0.